The predicted octanol–water partition coefficient (Wildman–Crippen LogP) is 4.73. The number of aromatic nitrogens is 2. The molecule has 0 aliphatic carbocycles. The lowest BCUT2D eigenvalue weighted by molar-refractivity contribution is 0.835. The molecule has 0 saturated carbocycles. The van der Waals surface area contributed by atoms with Crippen LogP contribution in [0.1, 0.15) is 67.6 Å². The van der Waals surface area contributed by atoms with Crippen LogP contribution in [0.2, 0.25) is 0 Å². The van der Waals surface area contributed by atoms with E-state index in [1.54, 1.807) is 0 Å². The van der Waals surface area contributed by atoms with Crippen LogP contribution in [0.4, 0.5) is 0 Å². The van der Waals surface area contributed by atoms with Crippen LogP contribution in [-0.2, 0) is 0 Å². The molecule has 0 unspecified atom stereocenters. The van der Waals surface area contributed by atoms with Crippen molar-refractivity contribution >= 4 is 11.0 Å². The van der Waals surface area contributed by atoms with E-state index >= 15 is 0 Å². The zero-order chi connectivity index (χ0) is 13.6. The number of H-pyrrole nitrogens is 1. The number of aryl methyl sites for hydroxylation is 3. The first-order valence-electron chi connectivity index (χ1n) is 6.83. The van der Waals surface area contributed by atoms with Gasteiger partial charge in [-0.2, -0.15) is 0 Å². The number of rotatable bonds is 2. The Morgan fingerprint density at radius 1 is 0.889 bits per heavy atom. The fourth-order valence-electron chi connectivity index (χ4n) is 3.29. The summed E-state index contributed by atoms with van der Waals surface area (Å²) in [6.45, 7) is 15.5. The van der Waals surface area contributed by atoms with Gasteiger partial charge < -0.3 is 4.98 Å². The van der Waals surface area contributed by atoms with Gasteiger partial charge in [0, 0.05) is 16.8 Å². The zero-order valence-corrected chi connectivity index (χ0v) is 12.6. The third-order valence-electron chi connectivity index (χ3n) is 3.82. The molecule has 0 fully saturated rings. The molecule has 1 N–H and O–H groups in total. The highest BCUT2D eigenvalue weighted by atomic mass is 14.9. The Morgan fingerprint density at radius 3 is 1.94 bits per heavy atom. The highest BCUT2D eigenvalue weighted by molar-refractivity contribution is 5.86. The van der Waals surface area contributed by atoms with Crippen molar-refractivity contribution in [2.45, 2.75) is 60.3 Å². The number of fused-ring (bicyclic) bond motifs is 1. The van der Waals surface area contributed by atoms with Gasteiger partial charge in [-0.25, -0.2) is 4.98 Å². The third kappa shape index (κ3) is 1.84. The van der Waals surface area contributed by atoms with Crippen LogP contribution >= 0.6 is 0 Å². The van der Waals surface area contributed by atoms with E-state index in [0.717, 1.165) is 11.3 Å². The molecule has 0 saturated heterocycles. The Bertz CT molecular complexity index is 589. The first-order valence-corrected chi connectivity index (χ1v) is 6.83. The highest BCUT2D eigenvalue weighted by Crippen LogP contribution is 2.34. The SMILES string of the molecule is Cc1nc2[nH]c(C)c(C(C)C)c2c(C)c1C(C)C. The van der Waals surface area contributed by atoms with E-state index in [4.69, 9.17) is 4.98 Å². The molecule has 2 nitrogen and oxygen atoms in total. The minimum Gasteiger partial charge on any atom is -0.343 e. The van der Waals surface area contributed by atoms with Crippen molar-refractivity contribution < 1.29 is 0 Å². The molecule has 2 aromatic rings. The van der Waals surface area contributed by atoms with Crippen LogP contribution in [-0.4, -0.2) is 9.97 Å². The van der Waals surface area contributed by atoms with E-state index < -0.39 is 0 Å². The van der Waals surface area contributed by atoms with Crippen molar-refractivity contribution in [3.63, 3.8) is 0 Å². The Balaban J connectivity index is 2.90. The number of pyridine rings is 1. The van der Waals surface area contributed by atoms with Crippen LogP contribution in [0.5, 0.6) is 0 Å². The van der Waals surface area contributed by atoms with Gasteiger partial charge in [-0.1, -0.05) is 27.7 Å². The lowest BCUT2D eigenvalue weighted by atomic mass is 9.91. The number of hydrogen-bond acceptors (Lipinski definition) is 1. The predicted molar refractivity (Wildman–Crippen MR) is 78.5 cm³/mol. The fraction of sp³-hybridized carbons (Fsp3) is 0.562. The third-order valence-corrected chi connectivity index (χ3v) is 3.82. The van der Waals surface area contributed by atoms with Crippen LogP contribution in [0.15, 0.2) is 0 Å². The second-order valence-corrected chi connectivity index (χ2v) is 5.93. The van der Waals surface area contributed by atoms with E-state index in [9.17, 15) is 0 Å². The maximum Gasteiger partial charge on any atom is 0.138 e. The summed E-state index contributed by atoms with van der Waals surface area (Å²) in [6, 6.07) is 0. The van der Waals surface area contributed by atoms with E-state index in [0.29, 0.717) is 11.8 Å². The second-order valence-electron chi connectivity index (χ2n) is 5.93. The smallest absolute Gasteiger partial charge is 0.138 e. The molecule has 98 valence electrons. The Morgan fingerprint density at radius 2 is 1.44 bits per heavy atom. The van der Waals surface area contributed by atoms with Crippen molar-refractivity contribution in [2.24, 2.45) is 0 Å². The molecule has 0 bridgehead atoms. The van der Waals surface area contributed by atoms with Crippen molar-refractivity contribution in [2.75, 3.05) is 0 Å². The first-order chi connectivity index (χ1) is 8.34. The van der Waals surface area contributed by atoms with Crippen molar-refractivity contribution in [1.82, 2.24) is 9.97 Å². The summed E-state index contributed by atoms with van der Waals surface area (Å²) in [6.07, 6.45) is 0. The summed E-state index contributed by atoms with van der Waals surface area (Å²) in [7, 11) is 0. The summed E-state index contributed by atoms with van der Waals surface area (Å²) in [5, 5.41) is 1.34. The van der Waals surface area contributed by atoms with Gasteiger partial charge in [-0.15, -0.1) is 0 Å². The molecule has 18 heavy (non-hydrogen) atoms. The molecule has 0 spiro atoms. The van der Waals surface area contributed by atoms with E-state index in [-0.39, 0.29) is 0 Å². The minimum absolute atomic E-state index is 0.525. The molecular weight excluding hydrogens is 220 g/mol. The maximum atomic E-state index is 4.77. The molecule has 0 amide bonds. The topological polar surface area (TPSA) is 28.7 Å². The number of nitrogens with one attached hydrogen (secondary N) is 1. The van der Waals surface area contributed by atoms with Gasteiger partial charge in [-0.05, 0) is 49.3 Å². The Hall–Kier alpha value is -1.31. The first kappa shape index (κ1) is 13.1. The van der Waals surface area contributed by atoms with Gasteiger partial charge in [0.2, 0.25) is 0 Å². The Labute approximate surface area is 110 Å². The summed E-state index contributed by atoms with van der Waals surface area (Å²) in [4.78, 5) is 8.21. The molecular formula is C16H24N2. The average molecular weight is 244 g/mol. The zero-order valence-electron chi connectivity index (χ0n) is 12.6. The minimum atomic E-state index is 0.525. The van der Waals surface area contributed by atoms with Gasteiger partial charge in [0.25, 0.3) is 0 Å². The largest absolute Gasteiger partial charge is 0.343 e. The standard InChI is InChI=1S/C16H24N2/c1-8(2)13-10(5)15-14(9(3)4)12(7)18-16(15)17-11(13)6/h8-9H,1-7H3,(H,17,18). The van der Waals surface area contributed by atoms with Crippen molar-refractivity contribution in [1.29, 1.82) is 0 Å². The van der Waals surface area contributed by atoms with Gasteiger partial charge in [-0.3, -0.25) is 0 Å². The van der Waals surface area contributed by atoms with Crippen molar-refractivity contribution in [3.05, 3.63) is 28.1 Å². The molecule has 0 aromatic carbocycles. The summed E-state index contributed by atoms with van der Waals surface area (Å²) in [5.41, 5.74) is 7.71. The van der Waals surface area contributed by atoms with Crippen molar-refractivity contribution in [3.8, 4) is 0 Å². The van der Waals surface area contributed by atoms with Crippen LogP contribution < -0.4 is 0 Å². The fourth-order valence-corrected chi connectivity index (χ4v) is 3.29. The van der Waals surface area contributed by atoms with E-state index in [2.05, 4.69) is 53.5 Å². The lowest BCUT2D eigenvalue weighted by Gasteiger charge is -2.15. The summed E-state index contributed by atoms with van der Waals surface area (Å²) >= 11 is 0. The number of nitrogens with zero attached hydrogens (tertiary/aromatic N) is 1. The summed E-state index contributed by atoms with van der Waals surface area (Å²) in [5.74, 6) is 1.05. The number of aromatic amines is 1. The number of hydrogen-bond donors (Lipinski definition) is 1. The molecule has 2 aromatic heterocycles. The monoisotopic (exact) mass is 244 g/mol. The molecule has 2 heteroatoms. The molecule has 0 radical (unpaired) electrons. The quantitative estimate of drug-likeness (QED) is 0.812. The van der Waals surface area contributed by atoms with Gasteiger partial charge >= 0.3 is 0 Å². The molecule has 2 rings (SSSR count). The van der Waals surface area contributed by atoms with Gasteiger partial charge in [0.15, 0.2) is 0 Å². The molecule has 0 aliphatic rings. The van der Waals surface area contributed by atoms with E-state index in [1.807, 2.05) is 0 Å². The van der Waals surface area contributed by atoms with Crippen LogP contribution in [0.25, 0.3) is 11.0 Å². The second kappa shape index (κ2) is 4.42. The van der Waals surface area contributed by atoms with Gasteiger partial charge in [0.1, 0.15) is 5.65 Å². The Kier molecular flexibility index (Phi) is 3.22. The highest BCUT2D eigenvalue weighted by Gasteiger charge is 2.19. The molecule has 0 aliphatic heterocycles. The van der Waals surface area contributed by atoms with E-state index in [1.165, 1.54) is 27.8 Å². The normalized spacial score (nSPS) is 12.1. The molecule has 0 atom stereocenters. The van der Waals surface area contributed by atoms with Crippen LogP contribution in [0, 0.1) is 20.8 Å². The molecule has 2 heterocycles. The summed E-state index contributed by atoms with van der Waals surface area (Å²) < 4.78 is 0. The lowest BCUT2D eigenvalue weighted by Crippen LogP contribution is -2.01. The average Bonchev–Trinajstić information content (AvgIpc) is 2.53. The maximum absolute atomic E-state index is 4.77. The van der Waals surface area contributed by atoms with Gasteiger partial charge in [0.05, 0.1) is 0 Å². The van der Waals surface area contributed by atoms with Crippen LogP contribution in [0.3, 0.4) is 0 Å².